The Kier molecular flexibility index (Phi) is 6.53. The fraction of sp³-hybridized carbons (Fsp3) is 0.321. The second-order valence-corrected chi connectivity index (χ2v) is 8.82. The van der Waals surface area contributed by atoms with Crippen molar-refractivity contribution in [2.75, 3.05) is 6.61 Å². The molecule has 5 nitrogen and oxygen atoms in total. The first-order valence-corrected chi connectivity index (χ1v) is 11.5. The number of benzene rings is 3. The van der Waals surface area contributed by atoms with E-state index in [-0.39, 0.29) is 30.0 Å². The van der Waals surface area contributed by atoms with Crippen molar-refractivity contribution in [1.82, 2.24) is 0 Å². The van der Waals surface area contributed by atoms with E-state index in [1.165, 1.54) is 0 Å². The fourth-order valence-corrected chi connectivity index (χ4v) is 4.99. The lowest BCUT2D eigenvalue weighted by atomic mass is 9.92. The van der Waals surface area contributed by atoms with Crippen LogP contribution in [0.2, 0.25) is 0 Å². The van der Waals surface area contributed by atoms with E-state index in [0.29, 0.717) is 31.6 Å². The van der Waals surface area contributed by atoms with Crippen molar-refractivity contribution in [2.45, 2.75) is 37.9 Å². The van der Waals surface area contributed by atoms with Gasteiger partial charge >= 0.3 is 5.97 Å². The predicted molar refractivity (Wildman–Crippen MR) is 124 cm³/mol. The molecule has 0 radical (unpaired) electrons. The Morgan fingerprint density at radius 2 is 1.55 bits per heavy atom. The van der Waals surface area contributed by atoms with Gasteiger partial charge in [-0.1, -0.05) is 72.8 Å². The number of ether oxygens (including phenoxy) is 3. The zero-order valence-corrected chi connectivity index (χ0v) is 18.4. The molecule has 33 heavy (non-hydrogen) atoms. The Balaban J connectivity index is 1.24. The molecular weight excluding hydrogens is 416 g/mol. The molecule has 5 atom stereocenters. The van der Waals surface area contributed by atoms with Crippen LogP contribution in [0.5, 0.6) is 0 Å². The summed E-state index contributed by atoms with van der Waals surface area (Å²) in [5, 5.41) is 9.95. The third-order valence-corrected chi connectivity index (χ3v) is 6.68. The average molecular weight is 445 g/mol. The molecule has 3 aromatic rings. The van der Waals surface area contributed by atoms with E-state index in [9.17, 15) is 9.90 Å². The lowest BCUT2D eigenvalue weighted by Crippen LogP contribution is -2.30. The van der Waals surface area contributed by atoms with Crippen molar-refractivity contribution in [2.24, 2.45) is 11.8 Å². The summed E-state index contributed by atoms with van der Waals surface area (Å²) in [6.45, 7) is 0.955. The van der Waals surface area contributed by atoms with Crippen molar-refractivity contribution >= 4 is 5.97 Å². The van der Waals surface area contributed by atoms with Crippen LogP contribution in [0.4, 0.5) is 0 Å². The number of fused-ring (bicyclic) bond motifs is 1. The maximum absolute atomic E-state index is 12.9. The van der Waals surface area contributed by atoms with Gasteiger partial charge in [0.15, 0.2) is 6.29 Å². The molecule has 170 valence electrons. The van der Waals surface area contributed by atoms with E-state index in [1.807, 2.05) is 84.9 Å². The van der Waals surface area contributed by atoms with E-state index in [4.69, 9.17) is 14.2 Å². The molecule has 1 aliphatic heterocycles. The molecule has 0 aromatic heterocycles. The molecule has 0 amide bonds. The SMILES string of the molecule is O=C(OC1CC2OC(O)CC2C1COCc1ccccc1)c1ccc(-c2ccccc2)cc1. The summed E-state index contributed by atoms with van der Waals surface area (Å²) < 4.78 is 17.6. The normalized spacial score (nSPS) is 26.2. The molecule has 0 spiro atoms. The summed E-state index contributed by atoms with van der Waals surface area (Å²) in [5.74, 6) is -0.231. The Morgan fingerprint density at radius 1 is 0.879 bits per heavy atom. The van der Waals surface area contributed by atoms with E-state index < -0.39 is 6.29 Å². The number of aliphatic hydroxyl groups excluding tert-OH is 1. The minimum absolute atomic E-state index is 0.0107. The summed E-state index contributed by atoms with van der Waals surface area (Å²) >= 11 is 0. The highest BCUT2D eigenvalue weighted by atomic mass is 16.6. The average Bonchev–Trinajstić information content (AvgIpc) is 3.36. The molecule has 5 rings (SSSR count). The predicted octanol–water partition coefficient (Wildman–Crippen LogP) is 4.84. The highest BCUT2D eigenvalue weighted by molar-refractivity contribution is 5.90. The first-order chi connectivity index (χ1) is 16.2. The van der Waals surface area contributed by atoms with Gasteiger partial charge in [0.25, 0.3) is 0 Å². The lowest BCUT2D eigenvalue weighted by Gasteiger charge is -2.24. The number of hydrogen-bond acceptors (Lipinski definition) is 5. The highest BCUT2D eigenvalue weighted by Crippen LogP contribution is 2.44. The van der Waals surface area contributed by atoms with Gasteiger partial charge in [-0.25, -0.2) is 4.79 Å². The first kappa shape index (κ1) is 21.8. The van der Waals surface area contributed by atoms with Crippen LogP contribution in [0.1, 0.15) is 28.8 Å². The van der Waals surface area contributed by atoms with E-state index in [0.717, 1.165) is 16.7 Å². The van der Waals surface area contributed by atoms with Crippen molar-refractivity contribution < 1.29 is 24.1 Å². The van der Waals surface area contributed by atoms with Gasteiger partial charge < -0.3 is 19.3 Å². The quantitative estimate of drug-likeness (QED) is 0.529. The van der Waals surface area contributed by atoms with Gasteiger partial charge in [-0.2, -0.15) is 0 Å². The van der Waals surface area contributed by atoms with Crippen LogP contribution in [-0.2, 0) is 20.8 Å². The molecule has 1 aliphatic carbocycles. The second kappa shape index (κ2) is 9.87. The number of rotatable bonds is 7. The molecule has 1 heterocycles. The van der Waals surface area contributed by atoms with Crippen LogP contribution in [0.15, 0.2) is 84.9 Å². The number of carbonyl (C=O) groups is 1. The Labute approximate surface area is 193 Å². The summed E-state index contributed by atoms with van der Waals surface area (Å²) in [6, 6.07) is 27.5. The zero-order valence-electron chi connectivity index (χ0n) is 18.4. The van der Waals surface area contributed by atoms with Gasteiger partial charge in [-0.15, -0.1) is 0 Å². The summed E-state index contributed by atoms with van der Waals surface area (Å²) in [5.41, 5.74) is 3.78. The summed E-state index contributed by atoms with van der Waals surface area (Å²) in [6.07, 6.45) is -0.0364. The minimum Gasteiger partial charge on any atom is -0.458 e. The smallest absolute Gasteiger partial charge is 0.338 e. The molecule has 1 N–H and O–H groups in total. The van der Waals surface area contributed by atoms with E-state index in [1.54, 1.807) is 0 Å². The molecule has 0 bridgehead atoms. The van der Waals surface area contributed by atoms with Crippen molar-refractivity contribution in [1.29, 1.82) is 0 Å². The van der Waals surface area contributed by atoms with Gasteiger partial charge in [-0.3, -0.25) is 0 Å². The monoisotopic (exact) mass is 444 g/mol. The third-order valence-electron chi connectivity index (χ3n) is 6.68. The molecular formula is C28H28O5. The van der Waals surface area contributed by atoms with Crippen LogP contribution in [0.25, 0.3) is 11.1 Å². The highest BCUT2D eigenvalue weighted by Gasteiger charge is 2.51. The van der Waals surface area contributed by atoms with E-state index in [2.05, 4.69) is 0 Å². The number of hydrogen-bond donors (Lipinski definition) is 1. The number of aliphatic hydroxyl groups is 1. The Hall–Kier alpha value is -2.99. The summed E-state index contributed by atoms with van der Waals surface area (Å²) in [7, 11) is 0. The second-order valence-electron chi connectivity index (χ2n) is 8.82. The molecule has 3 aromatic carbocycles. The van der Waals surface area contributed by atoms with Gasteiger partial charge in [0.1, 0.15) is 6.10 Å². The van der Waals surface area contributed by atoms with Crippen molar-refractivity contribution in [3.05, 3.63) is 96.1 Å². The molecule has 2 fully saturated rings. The van der Waals surface area contributed by atoms with Gasteiger partial charge in [-0.05, 0) is 34.7 Å². The number of esters is 1. The van der Waals surface area contributed by atoms with Crippen LogP contribution in [0, 0.1) is 11.8 Å². The van der Waals surface area contributed by atoms with Gasteiger partial charge in [0, 0.05) is 18.8 Å². The molecule has 5 heteroatoms. The van der Waals surface area contributed by atoms with Crippen LogP contribution in [0.3, 0.4) is 0 Å². The zero-order chi connectivity index (χ0) is 22.6. The van der Waals surface area contributed by atoms with Crippen LogP contribution < -0.4 is 0 Å². The largest absolute Gasteiger partial charge is 0.458 e. The molecule has 1 saturated heterocycles. The maximum Gasteiger partial charge on any atom is 0.338 e. The van der Waals surface area contributed by atoms with Gasteiger partial charge in [0.2, 0.25) is 0 Å². The van der Waals surface area contributed by atoms with Crippen molar-refractivity contribution in [3.8, 4) is 11.1 Å². The Bertz CT molecular complexity index is 1050. The standard InChI is InChI=1S/C28H28O5/c29-27-15-23-24(18-31-17-19-7-3-1-4-8-19)26(16-25(23)32-27)33-28(30)22-13-11-21(12-14-22)20-9-5-2-6-10-20/h1-14,23-27,29H,15-18H2. The molecule has 5 unspecified atom stereocenters. The third kappa shape index (κ3) is 5.01. The van der Waals surface area contributed by atoms with Gasteiger partial charge in [0.05, 0.1) is 24.9 Å². The van der Waals surface area contributed by atoms with Crippen molar-refractivity contribution in [3.63, 3.8) is 0 Å². The first-order valence-electron chi connectivity index (χ1n) is 11.5. The lowest BCUT2D eigenvalue weighted by molar-refractivity contribution is -0.0961. The molecule has 1 saturated carbocycles. The Morgan fingerprint density at radius 3 is 2.27 bits per heavy atom. The van der Waals surface area contributed by atoms with E-state index >= 15 is 0 Å². The summed E-state index contributed by atoms with van der Waals surface area (Å²) in [4.78, 5) is 12.9. The van der Waals surface area contributed by atoms with Crippen LogP contribution >= 0.6 is 0 Å². The van der Waals surface area contributed by atoms with Crippen LogP contribution in [-0.4, -0.2) is 36.2 Å². The minimum atomic E-state index is -0.751. The fourth-order valence-electron chi connectivity index (χ4n) is 4.99. The maximum atomic E-state index is 12.9. The topological polar surface area (TPSA) is 65.0 Å². The number of carbonyl (C=O) groups excluding carboxylic acids is 1. The molecule has 2 aliphatic rings.